The SMILES string of the molecule is CO[C@@H]1CCN(C(=O)c2ccco2)[C@H]1Cc1ccccc1. The fraction of sp³-hybridized carbons (Fsp3) is 0.353. The number of ether oxygens (including phenoxy) is 1. The molecule has 1 saturated heterocycles. The predicted octanol–water partition coefficient (Wildman–Crippen LogP) is 2.75. The van der Waals surface area contributed by atoms with E-state index in [2.05, 4.69) is 12.1 Å². The number of methoxy groups -OCH3 is 1. The molecule has 0 spiro atoms. The molecule has 1 aromatic carbocycles. The van der Waals surface area contributed by atoms with Crippen LogP contribution >= 0.6 is 0 Å². The van der Waals surface area contributed by atoms with Gasteiger partial charge in [-0.25, -0.2) is 0 Å². The van der Waals surface area contributed by atoms with Gasteiger partial charge in [0.25, 0.3) is 5.91 Å². The Hall–Kier alpha value is -2.07. The van der Waals surface area contributed by atoms with Crippen molar-refractivity contribution in [3.8, 4) is 0 Å². The van der Waals surface area contributed by atoms with Gasteiger partial charge < -0.3 is 14.1 Å². The van der Waals surface area contributed by atoms with Crippen LogP contribution < -0.4 is 0 Å². The van der Waals surface area contributed by atoms with E-state index in [1.807, 2.05) is 23.1 Å². The van der Waals surface area contributed by atoms with Crippen molar-refractivity contribution in [1.82, 2.24) is 4.90 Å². The number of furan rings is 1. The number of nitrogens with zero attached hydrogens (tertiary/aromatic N) is 1. The minimum Gasteiger partial charge on any atom is -0.459 e. The number of rotatable bonds is 4. The van der Waals surface area contributed by atoms with Gasteiger partial charge >= 0.3 is 0 Å². The summed E-state index contributed by atoms with van der Waals surface area (Å²) in [7, 11) is 1.71. The number of amides is 1. The van der Waals surface area contributed by atoms with Gasteiger partial charge in [0.2, 0.25) is 0 Å². The van der Waals surface area contributed by atoms with Gasteiger partial charge in [0.1, 0.15) is 0 Å². The van der Waals surface area contributed by atoms with Crippen molar-refractivity contribution in [3.63, 3.8) is 0 Å². The van der Waals surface area contributed by atoms with Gasteiger partial charge in [0.15, 0.2) is 5.76 Å². The lowest BCUT2D eigenvalue weighted by atomic mass is 10.0. The summed E-state index contributed by atoms with van der Waals surface area (Å²) in [5, 5.41) is 0. The molecule has 4 heteroatoms. The van der Waals surface area contributed by atoms with E-state index in [0.29, 0.717) is 12.3 Å². The molecule has 0 N–H and O–H groups in total. The lowest BCUT2D eigenvalue weighted by Gasteiger charge is -2.27. The van der Waals surface area contributed by atoms with Crippen molar-refractivity contribution in [2.45, 2.75) is 25.0 Å². The first-order valence-corrected chi connectivity index (χ1v) is 7.21. The topological polar surface area (TPSA) is 42.7 Å². The lowest BCUT2D eigenvalue weighted by molar-refractivity contribution is 0.0487. The van der Waals surface area contributed by atoms with E-state index in [1.54, 1.807) is 19.2 Å². The number of hydrogen-bond donors (Lipinski definition) is 0. The van der Waals surface area contributed by atoms with Gasteiger partial charge in [-0.15, -0.1) is 0 Å². The van der Waals surface area contributed by atoms with E-state index < -0.39 is 0 Å². The van der Waals surface area contributed by atoms with E-state index in [-0.39, 0.29) is 18.1 Å². The van der Waals surface area contributed by atoms with Crippen molar-refractivity contribution in [2.75, 3.05) is 13.7 Å². The predicted molar refractivity (Wildman–Crippen MR) is 79.1 cm³/mol. The zero-order chi connectivity index (χ0) is 14.7. The Morgan fingerprint density at radius 1 is 1.29 bits per heavy atom. The molecule has 110 valence electrons. The van der Waals surface area contributed by atoms with Crippen LogP contribution in [0.2, 0.25) is 0 Å². The molecule has 1 fully saturated rings. The smallest absolute Gasteiger partial charge is 0.289 e. The van der Waals surface area contributed by atoms with E-state index in [0.717, 1.165) is 12.8 Å². The summed E-state index contributed by atoms with van der Waals surface area (Å²) in [5.74, 6) is 0.338. The van der Waals surface area contributed by atoms with Gasteiger partial charge in [-0.05, 0) is 30.5 Å². The fourth-order valence-electron chi connectivity index (χ4n) is 2.99. The van der Waals surface area contributed by atoms with Crippen molar-refractivity contribution < 1.29 is 13.9 Å². The molecule has 21 heavy (non-hydrogen) atoms. The van der Waals surface area contributed by atoms with Crippen molar-refractivity contribution in [1.29, 1.82) is 0 Å². The Balaban J connectivity index is 1.80. The van der Waals surface area contributed by atoms with Crippen LogP contribution in [0.1, 0.15) is 22.5 Å². The summed E-state index contributed by atoms with van der Waals surface area (Å²) in [6.45, 7) is 0.704. The molecule has 0 saturated carbocycles. The lowest BCUT2D eigenvalue weighted by Crippen LogP contribution is -2.41. The van der Waals surface area contributed by atoms with E-state index in [1.165, 1.54) is 11.8 Å². The van der Waals surface area contributed by atoms with Crippen LogP contribution in [0.3, 0.4) is 0 Å². The highest BCUT2D eigenvalue weighted by Gasteiger charge is 2.38. The molecule has 2 heterocycles. The maximum atomic E-state index is 12.5. The Labute approximate surface area is 124 Å². The van der Waals surface area contributed by atoms with Gasteiger partial charge in [0.05, 0.1) is 18.4 Å². The summed E-state index contributed by atoms with van der Waals surface area (Å²) in [4.78, 5) is 14.4. The fourth-order valence-corrected chi connectivity index (χ4v) is 2.99. The summed E-state index contributed by atoms with van der Waals surface area (Å²) < 4.78 is 10.8. The van der Waals surface area contributed by atoms with E-state index in [9.17, 15) is 4.79 Å². The van der Waals surface area contributed by atoms with Crippen LogP contribution in [0.25, 0.3) is 0 Å². The maximum absolute atomic E-state index is 12.5. The molecule has 2 aromatic rings. The van der Waals surface area contributed by atoms with Gasteiger partial charge in [-0.3, -0.25) is 4.79 Å². The highest BCUT2D eigenvalue weighted by molar-refractivity contribution is 5.92. The van der Waals surface area contributed by atoms with Gasteiger partial charge in [0, 0.05) is 13.7 Å². The first kappa shape index (κ1) is 13.9. The highest BCUT2D eigenvalue weighted by Crippen LogP contribution is 2.26. The van der Waals surface area contributed by atoms with Gasteiger partial charge in [-0.1, -0.05) is 30.3 Å². The average molecular weight is 285 g/mol. The van der Waals surface area contributed by atoms with Crippen LogP contribution in [0, 0.1) is 0 Å². The normalized spacial score (nSPS) is 21.7. The molecule has 1 aromatic heterocycles. The molecule has 2 atom stereocenters. The van der Waals surface area contributed by atoms with E-state index >= 15 is 0 Å². The van der Waals surface area contributed by atoms with Crippen molar-refractivity contribution in [2.24, 2.45) is 0 Å². The first-order valence-electron chi connectivity index (χ1n) is 7.21. The third-order valence-electron chi connectivity index (χ3n) is 4.07. The second-order valence-electron chi connectivity index (χ2n) is 5.30. The second-order valence-corrected chi connectivity index (χ2v) is 5.30. The molecule has 0 radical (unpaired) electrons. The van der Waals surface area contributed by atoms with Crippen LogP contribution in [0.4, 0.5) is 0 Å². The molecule has 1 aliphatic rings. The van der Waals surface area contributed by atoms with Crippen LogP contribution in [0.5, 0.6) is 0 Å². The number of likely N-dealkylation sites (tertiary alicyclic amines) is 1. The standard InChI is InChI=1S/C17H19NO3/c1-20-15-9-10-18(17(19)16-8-5-11-21-16)14(15)12-13-6-3-2-4-7-13/h2-8,11,14-15H,9-10,12H2,1H3/t14-,15+/m0/s1. The Morgan fingerprint density at radius 2 is 2.10 bits per heavy atom. The molecule has 1 amide bonds. The molecule has 0 unspecified atom stereocenters. The Bertz CT molecular complexity index is 579. The van der Waals surface area contributed by atoms with Crippen LogP contribution in [-0.2, 0) is 11.2 Å². The van der Waals surface area contributed by atoms with Crippen molar-refractivity contribution in [3.05, 3.63) is 60.1 Å². The average Bonchev–Trinajstić information content (AvgIpc) is 3.17. The molecular formula is C17H19NO3. The molecule has 4 nitrogen and oxygen atoms in total. The second kappa shape index (κ2) is 6.14. The zero-order valence-electron chi connectivity index (χ0n) is 12.1. The minimum absolute atomic E-state index is 0.0509. The molecule has 0 aliphatic carbocycles. The first-order chi connectivity index (χ1) is 10.3. The summed E-state index contributed by atoms with van der Waals surface area (Å²) in [6, 6.07) is 13.7. The summed E-state index contributed by atoms with van der Waals surface area (Å²) >= 11 is 0. The van der Waals surface area contributed by atoms with E-state index in [4.69, 9.17) is 9.15 Å². The maximum Gasteiger partial charge on any atom is 0.289 e. The molecule has 3 rings (SSSR count). The highest BCUT2D eigenvalue weighted by atomic mass is 16.5. The van der Waals surface area contributed by atoms with Gasteiger partial charge in [-0.2, -0.15) is 0 Å². The monoisotopic (exact) mass is 285 g/mol. The van der Waals surface area contributed by atoms with Crippen LogP contribution in [-0.4, -0.2) is 36.6 Å². The quantitative estimate of drug-likeness (QED) is 0.867. The Kier molecular flexibility index (Phi) is 4.06. The zero-order valence-corrected chi connectivity index (χ0v) is 12.1. The third-order valence-corrected chi connectivity index (χ3v) is 4.07. The number of benzene rings is 1. The van der Waals surface area contributed by atoms with Crippen LogP contribution in [0.15, 0.2) is 53.1 Å². The number of carbonyl (C=O) groups excluding carboxylic acids is 1. The number of hydrogen-bond acceptors (Lipinski definition) is 3. The number of carbonyl (C=O) groups is 1. The molecule has 1 aliphatic heterocycles. The Morgan fingerprint density at radius 3 is 2.76 bits per heavy atom. The third kappa shape index (κ3) is 2.85. The summed E-state index contributed by atoms with van der Waals surface area (Å²) in [6.07, 6.45) is 3.26. The largest absolute Gasteiger partial charge is 0.459 e. The van der Waals surface area contributed by atoms with Crippen molar-refractivity contribution >= 4 is 5.91 Å². The molecule has 0 bridgehead atoms. The minimum atomic E-state index is -0.0551. The summed E-state index contributed by atoms with van der Waals surface area (Å²) in [5.41, 5.74) is 1.21. The molecular weight excluding hydrogens is 266 g/mol.